The van der Waals surface area contributed by atoms with E-state index in [0.29, 0.717) is 13.2 Å². The van der Waals surface area contributed by atoms with Crippen molar-refractivity contribution in [3.63, 3.8) is 0 Å². The fourth-order valence-electron chi connectivity index (χ4n) is 2.80. The quantitative estimate of drug-likeness (QED) is 0.738. The Morgan fingerprint density at radius 1 is 1.22 bits per heavy atom. The van der Waals surface area contributed by atoms with Crippen LogP contribution in [0.15, 0.2) is 30.3 Å². The van der Waals surface area contributed by atoms with Gasteiger partial charge < -0.3 is 14.2 Å². The number of morpholine rings is 1. The Morgan fingerprint density at radius 2 is 1.96 bits per heavy atom. The van der Waals surface area contributed by atoms with Gasteiger partial charge in [-0.1, -0.05) is 30.3 Å². The summed E-state index contributed by atoms with van der Waals surface area (Å²) in [6, 6.07) is 10.0. The van der Waals surface area contributed by atoms with Crippen molar-refractivity contribution in [1.29, 1.82) is 0 Å². The molecular formula is C17H23NO5. The zero-order valence-corrected chi connectivity index (χ0v) is 13.6. The number of nitrogens with zero attached hydrogens (tertiary/aromatic N) is 1. The second kappa shape index (κ2) is 8.08. The van der Waals surface area contributed by atoms with Crippen molar-refractivity contribution in [1.82, 2.24) is 4.90 Å². The molecule has 2 rings (SSSR count). The molecule has 0 aromatic heterocycles. The van der Waals surface area contributed by atoms with E-state index in [0.717, 1.165) is 13.1 Å². The highest BCUT2D eigenvalue weighted by atomic mass is 16.6. The van der Waals surface area contributed by atoms with Crippen molar-refractivity contribution in [2.45, 2.75) is 25.0 Å². The van der Waals surface area contributed by atoms with E-state index in [1.807, 2.05) is 30.3 Å². The van der Waals surface area contributed by atoms with Gasteiger partial charge in [0.1, 0.15) is 0 Å². The molecule has 0 bridgehead atoms. The lowest BCUT2D eigenvalue weighted by atomic mass is 9.94. The molecule has 0 N–H and O–H groups in total. The topological polar surface area (TPSA) is 65.1 Å². The van der Waals surface area contributed by atoms with Gasteiger partial charge in [-0.15, -0.1) is 0 Å². The Balaban J connectivity index is 2.08. The van der Waals surface area contributed by atoms with Crippen LogP contribution in [0.2, 0.25) is 0 Å². The molecule has 0 aliphatic carbocycles. The van der Waals surface area contributed by atoms with E-state index >= 15 is 0 Å². The Hall–Kier alpha value is -1.92. The van der Waals surface area contributed by atoms with E-state index in [4.69, 9.17) is 9.47 Å². The molecule has 0 saturated carbocycles. The van der Waals surface area contributed by atoms with Crippen molar-refractivity contribution in [2.75, 3.05) is 33.9 Å². The third kappa shape index (κ3) is 4.53. The van der Waals surface area contributed by atoms with Crippen LogP contribution in [0.4, 0.5) is 0 Å². The number of hydrogen-bond donors (Lipinski definition) is 0. The molecule has 1 saturated heterocycles. The Bertz CT molecular complexity index is 533. The summed E-state index contributed by atoms with van der Waals surface area (Å²) in [6.07, 6.45) is 0.364. The third-order valence-corrected chi connectivity index (χ3v) is 4.03. The molecule has 1 aromatic carbocycles. The minimum absolute atomic E-state index is 0.116. The second-order valence-electron chi connectivity index (χ2n) is 5.61. The van der Waals surface area contributed by atoms with Crippen molar-refractivity contribution >= 4 is 11.9 Å². The van der Waals surface area contributed by atoms with Crippen LogP contribution in [0.3, 0.4) is 0 Å². The first-order valence-electron chi connectivity index (χ1n) is 7.65. The molecule has 1 atom stereocenters. The zero-order chi connectivity index (χ0) is 16.7. The Kier molecular flexibility index (Phi) is 6.12. The number of methoxy groups -OCH3 is 2. The van der Waals surface area contributed by atoms with Gasteiger partial charge in [-0.2, -0.15) is 0 Å². The van der Waals surface area contributed by atoms with Crippen LogP contribution in [0.1, 0.15) is 18.4 Å². The van der Waals surface area contributed by atoms with Crippen LogP contribution < -0.4 is 0 Å². The first-order valence-corrected chi connectivity index (χ1v) is 7.65. The molecule has 1 heterocycles. The first-order chi connectivity index (χ1) is 11.1. The minimum atomic E-state index is -1.12. The maximum absolute atomic E-state index is 12.3. The summed E-state index contributed by atoms with van der Waals surface area (Å²) in [6.45, 7) is 2.27. The molecule has 1 unspecified atom stereocenters. The predicted octanol–water partition coefficient (Wildman–Crippen LogP) is 1.38. The van der Waals surface area contributed by atoms with Gasteiger partial charge in [-0.3, -0.25) is 9.69 Å². The standard InChI is InChI=1S/C17H23NO5/c1-21-15(19)8-9-17(16(20)22-2)13-18(10-11-23-17)12-14-6-4-3-5-7-14/h3-7H,8-13H2,1-2H3. The van der Waals surface area contributed by atoms with Gasteiger partial charge in [0.15, 0.2) is 5.60 Å². The summed E-state index contributed by atoms with van der Waals surface area (Å²) >= 11 is 0. The van der Waals surface area contributed by atoms with Gasteiger partial charge >= 0.3 is 11.9 Å². The third-order valence-electron chi connectivity index (χ3n) is 4.03. The van der Waals surface area contributed by atoms with Gasteiger partial charge in [-0.05, 0) is 12.0 Å². The molecule has 0 spiro atoms. The normalized spacial score (nSPS) is 21.7. The summed E-state index contributed by atoms with van der Waals surface area (Å²) in [5.74, 6) is -0.809. The summed E-state index contributed by atoms with van der Waals surface area (Å²) in [5.41, 5.74) is 0.0526. The number of carbonyl (C=O) groups is 2. The van der Waals surface area contributed by atoms with Crippen LogP contribution in [-0.4, -0.2) is 56.4 Å². The maximum atomic E-state index is 12.3. The van der Waals surface area contributed by atoms with Gasteiger partial charge in [0.05, 0.1) is 20.8 Å². The predicted molar refractivity (Wildman–Crippen MR) is 83.7 cm³/mol. The lowest BCUT2D eigenvalue weighted by Gasteiger charge is -2.40. The molecule has 6 heteroatoms. The largest absolute Gasteiger partial charge is 0.469 e. The number of benzene rings is 1. The molecule has 1 aliphatic heterocycles. The molecule has 1 aliphatic rings. The number of hydrogen-bond acceptors (Lipinski definition) is 6. The van der Waals surface area contributed by atoms with E-state index in [1.54, 1.807) is 0 Å². The molecule has 0 amide bonds. The van der Waals surface area contributed by atoms with Crippen LogP contribution in [0, 0.1) is 0 Å². The van der Waals surface area contributed by atoms with Crippen LogP contribution in [0.25, 0.3) is 0 Å². The molecule has 126 valence electrons. The molecule has 1 fully saturated rings. The summed E-state index contributed by atoms with van der Waals surface area (Å²) in [7, 11) is 2.66. The fourth-order valence-corrected chi connectivity index (χ4v) is 2.80. The lowest BCUT2D eigenvalue weighted by Crippen LogP contribution is -2.56. The maximum Gasteiger partial charge on any atom is 0.339 e. The Labute approximate surface area is 136 Å². The van der Waals surface area contributed by atoms with Crippen molar-refractivity contribution in [3.8, 4) is 0 Å². The zero-order valence-electron chi connectivity index (χ0n) is 13.6. The second-order valence-corrected chi connectivity index (χ2v) is 5.61. The summed E-state index contributed by atoms with van der Waals surface area (Å²) in [4.78, 5) is 25.8. The van der Waals surface area contributed by atoms with E-state index in [9.17, 15) is 9.59 Å². The van der Waals surface area contributed by atoms with Gasteiger partial charge in [0, 0.05) is 26.1 Å². The molecule has 1 aromatic rings. The van der Waals surface area contributed by atoms with Gasteiger partial charge in [0.2, 0.25) is 0 Å². The first kappa shape index (κ1) is 17.4. The minimum Gasteiger partial charge on any atom is -0.469 e. The molecular weight excluding hydrogens is 298 g/mol. The van der Waals surface area contributed by atoms with E-state index in [-0.39, 0.29) is 18.8 Å². The SMILES string of the molecule is COC(=O)CCC1(C(=O)OC)CN(Cc2ccccc2)CCO1. The highest BCUT2D eigenvalue weighted by Crippen LogP contribution is 2.26. The highest BCUT2D eigenvalue weighted by molar-refractivity contribution is 5.81. The summed E-state index contributed by atoms with van der Waals surface area (Å²) < 4.78 is 15.3. The van der Waals surface area contributed by atoms with Crippen molar-refractivity contribution in [3.05, 3.63) is 35.9 Å². The lowest BCUT2D eigenvalue weighted by molar-refractivity contribution is -0.184. The summed E-state index contributed by atoms with van der Waals surface area (Å²) in [5, 5.41) is 0. The van der Waals surface area contributed by atoms with E-state index in [2.05, 4.69) is 9.64 Å². The fraction of sp³-hybridized carbons (Fsp3) is 0.529. The molecule has 6 nitrogen and oxygen atoms in total. The smallest absolute Gasteiger partial charge is 0.339 e. The number of ether oxygens (including phenoxy) is 3. The van der Waals surface area contributed by atoms with Gasteiger partial charge in [0.25, 0.3) is 0 Å². The van der Waals surface area contributed by atoms with Crippen molar-refractivity contribution < 1.29 is 23.8 Å². The van der Waals surface area contributed by atoms with Crippen LogP contribution in [0.5, 0.6) is 0 Å². The average Bonchev–Trinajstić information content (AvgIpc) is 2.60. The number of carbonyl (C=O) groups excluding carboxylic acids is 2. The van der Waals surface area contributed by atoms with Crippen molar-refractivity contribution in [2.24, 2.45) is 0 Å². The molecule has 0 radical (unpaired) electrons. The van der Waals surface area contributed by atoms with Crippen LogP contribution >= 0.6 is 0 Å². The highest BCUT2D eigenvalue weighted by Gasteiger charge is 2.45. The number of rotatable bonds is 6. The Morgan fingerprint density at radius 3 is 2.61 bits per heavy atom. The van der Waals surface area contributed by atoms with Gasteiger partial charge in [-0.25, -0.2) is 4.79 Å². The van der Waals surface area contributed by atoms with E-state index in [1.165, 1.54) is 19.8 Å². The molecule has 23 heavy (non-hydrogen) atoms. The number of esters is 2. The monoisotopic (exact) mass is 321 g/mol. The average molecular weight is 321 g/mol. The van der Waals surface area contributed by atoms with Crippen LogP contribution in [-0.2, 0) is 30.3 Å². The van der Waals surface area contributed by atoms with E-state index < -0.39 is 11.6 Å².